The SMILES string of the molecule is COC(=O)c1cc(C(F)(F)F)cc(C=O)c1C(F)(F)F. The summed E-state index contributed by atoms with van der Waals surface area (Å²) in [5, 5.41) is 0. The predicted molar refractivity (Wildman–Crippen MR) is 53.2 cm³/mol. The second kappa shape index (κ2) is 5.14. The van der Waals surface area contributed by atoms with Crippen LogP contribution in [0.4, 0.5) is 26.3 Å². The second-order valence-corrected chi connectivity index (χ2v) is 3.59. The van der Waals surface area contributed by atoms with Crippen molar-refractivity contribution in [2.45, 2.75) is 12.4 Å². The van der Waals surface area contributed by atoms with Crippen LogP contribution in [0.15, 0.2) is 12.1 Å². The van der Waals surface area contributed by atoms with E-state index in [0.717, 1.165) is 0 Å². The monoisotopic (exact) mass is 300 g/mol. The molecule has 0 heterocycles. The lowest BCUT2D eigenvalue weighted by Crippen LogP contribution is -2.19. The lowest BCUT2D eigenvalue weighted by molar-refractivity contribution is -0.141. The molecule has 9 heteroatoms. The normalized spacial score (nSPS) is 12.2. The number of halogens is 6. The Balaban J connectivity index is 3.75. The van der Waals surface area contributed by atoms with Gasteiger partial charge in [-0.2, -0.15) is 26.3 Å². The Morgan fingerprint density at radius 3 is 2.00 bits per heavy atom. The number of carbonyl (C=O) groups is 2. The smallest absolute Gasteiger partial charge is 0.417 e. The average molecular weight is 300 g/mol. The Bertz CT molecular complexity index is 544. The number of ether oxygens (including phenoxy) is 1. The number of methoxy groups -OCH3 is 1. The number of aldehydes is 1. The third-order valence-electron chi connectivity index (χ3n) is 2.31. The van der Waals surface area contributed by atoms with E-state index in [1.165, 1.54) is 0 Å². The summed E-state index contributed by atoms with van der Waals surface area (Å²) in [5.74, 6) is -1.62. The fraction of sp³-hybridized carbons (Fsp3) is 0.273. The summed E-state index contributed by atoms with van der Waals surface area (Å²) in [6, 6.07) is 0.0317. The quantitative estimate of drug-likeness (QED) is 0.478. The molecule has 0 saturated carbocycles. The molecule has 0 spiro atoms. The van der Waals surface area contributed by atoms with Gasteiger partial charge in [0.25, 0.3) is 0 Å². The number of alkyl halides is 6. The first-order valence-corrected chi connectivity index (χ1v) is 4.88. The highest BCUT2D eigenvalue weighted by Crippen LogP contribution is 2.38. The molecular formula is C11H6F6O3. The van der Waals surface area contributed by atoms with Crippen LogP contribution in [0.1, 0.15) is 31.8 Å². The largest absolute Gasteiger partial charge is 0.465 e. The Hall–Kier alpha value is -2.06. The molecule has 0 unspecified atom stereocenters. The van der Waals surface area contributed by atoms with Crippen molar-refractivity contribution in [3.05, 3.63) is 34.4 Å². The van der Waals surface area contributed by atoms with Crippen LogP contribution in [0, 0.1) is 0 Å². The fourth-order valence-corrected chi connectivity index (χ4v) is 1.51. The van der Waals surface area contributed by atoms with Gasteiger partial charge in [-0.1, -0.05) is 0 Å². The molecule has 0 saturated heterocycles. The average Bonchev–Trinajstić information content (AvgIpc) is 2.33. The standard InChI is InChI=1S/C11H6F6O3/c1-20-9(19)7-3-6(10(12,13)14)2-5(4-18)8(7)11(15,16)17/h2-4H,1H3. The second-order valence-electron chi connectivity index (χ2n) is 3.59. The molecule has 20 heavy (non-hydrogen) atoms. The molecule has 0 amide bonds. The molecule has 0 radical (unpaired) electrons. The minimum Gasteiger partial charge on any atom is -0.465 e. The molecule has 0 aliphatic heterocycles. The van der Waals surface area contributed by atoms with Gasteiger partial charge in [-0.25, -0.2) is 4.79 Å². The van der Waals surface area contributed by atoms with Crippen molar-refractivity contribution in [2.75, 3.05) is 7.11 Å². The number of hydrogen-bond donors (Lipinski definition) is 0. The van der Waals surface area contributed by atoms with Crippen LogP contribution in [-0.4, -0.2) is 19.4 Å². The van der Waals surface area contributed by atoms with Gasteiger partial charge >= 0.3 is 18.3 Å². The summed E-state index contributed by atoms with van der Waals surface area (Å²) in [7, 11) is 0.712. The highest BCUT2D eigenvalue weighted by Gasteiger charge is 2.41. The predicted octanol–water partition coefficient (Wildman–Crippen LogP) is 3.32. The van der Waals surface area contributed by atoms with E-state index in [2.05, 4.69) is 4.74 Å². The van der Waals surface area contributed by atoms with Gasteiger partial charge in [0.05, 0.1) is 23.8 Å². The van der Waals surface area contributed by atoms with Crippen LogP contribution in [0.2, 0.25) is 0 Å². The molecule has 1 aromatic rings. The maximum absolute atomic E-state index is 12.8. The van der Waals surface area contributed by atoms with Gasteiger partial charge in [0.1, 0.15) is 0 Å². The molecule has 0 aromatic heterocycles. The zero-order valence-electron chi connectivity index (χ0n) is 9.72. The molecule has 1 aromatic carbocycles. The number of hydrogen-bond acceptors (Lipinski definition) is 3. The van der Waals surface area contributed by atoms with Crippen molar-refractivity contribution in [1.82, 2.24) is 0 Å². The molecule has 0 bridgehead atoms. The highest BCUT2D eigenvalue weighted by molar-refractivity contribution is 5.95. The number of benzene rings is 1. The number of carbonyl (C=O) groups excluding carboxylic acids is 2. The Morgan fingerprint density at radius 2 is 1.65 bits per heavy atom. The first-order valence-electron chi connectivity index (χ1n) is 4.88. The van der Waals surface area contributed by atoms with Gasteiger partial charge in [0, 0.05) is 5.56 Å². The van der Waals surface area contributed by atoms with E-state index >= 15 is 0 Å². The lowest BCUT2D eigenvalue weighted by Gasteiger charge is -2.16. The van der Waals surface area contributed by atoms with E-state index in [1.807, 2.05) is 0 Å². The van der Waals surface area contributed by atoms with Crippen LogP contribution >= 0.6 is 0 Å². The van der Waals surface area contributed by atoms with E-state index in [0.29, 0.717) is 7.11 Å². The van der Waals surface area contributed by atoms with Gasteiger partial charge in [0.2, 0.25) is 0 Å². The van der Waals surface area contributed by atoms with Crippen LogP contribution in [0.25, 0.3) is 0 Å². The molecular weight excluding hydrogens is 294 g/mol. The van der Waals surface area contributed by atoms with Crippen LogP contribution in [0.5, 0.6) is 0 Å². The summed E-state index contributed by atoms with van der Waals surface area (Å²) in [6.07, 6.45) is -10.6. The first-order chi connectivity index (χ1) is 9.02. The summed E-state index contributed by atoms with van der Waals surface area (Å²) >= 11 is 0. The van der Waals surface area contributed by atoms with Crippen molar-refractivity contribution in [1.29, 1.82) is 0 Å². The minimum absolute atomic E-state index is 0.00164. The maximum atomic E-state index is 12.8. The Kier molecular flexibility index (Phi) is 4.11. The molecule has 0 aliphatic rings. The molecule has 0 atom stereocenters. The van der Waals surface area contributed by atoms with E-state index in [-0.39, 0.29) is 12.1 Å². The zero-order valence-corrected chi connectivity index (χ0v) is 9.72. The van der Waals surface area contributed by atoms with Gasteiger partial charge in [-0.15, -0.1) is 0 Å². The summed E-state index contributed by atoms with van der Waals surface area (Å²) < 4.78 is 79.9. The Labute approximate surface area is 108 Å². The zero-order chi connectivity index (χ0) is 15.7. The van der Waals surface area contributed by atoms with Gasteiger partial charge < -0.3 is 4.74 Å². The topological polar surface area (TPSA) is 43.4 Å². The summed E-state index contributed by atoms with van der Waals surface area (Å²) in [6.45, 7) is 0. The van der Waals surface area contributed by atoms with Crippen molar-refractivity contribution in [3.8, 4) is 0 Å². The first kappa shape index (κ1) is 16.0. The van der Waals surface area contributed by atoms with Gasteiger partial charge in [-0.3, -0.25) is 4.79 Å². The molecule has 0 fully saturated rings. The van der Waals surface area contributed by atoms with Gasteiger partial charge in [0.15, 0.2) is 6.29 Å². The third kappa shape index (κ3) is 3.09. The van der Waals surface area contributed by atoms with Crippen molar-refractivity contribution < 1.29 is 40.7 Å². The summed E-state index contributed by atoms with van der Waals surface area (Å²) in [5.41, 5.74) is -5.95. The van der Waals surface area contributed by atoms with Gasteiger partial charge in [-0.05, 0) is 12.1 Å². The van der Waals surface area contributed by atoms with Crippen molar-refractivity contribution in [3.63, 3.8) is 0 Å². The molecule has 110 valence electrons. The molecule has 3 nitrogen and oxygen atoms in total. The van der Waals surface area contributed by atoms with Crippen LogP contribution in [-0.2, 0) is 17.1 Å². The van der Waals surface area contributed by atoms with E-state index < -0.39 is 46.9 Å². The van der Waals surface area contributed by atoms with E-state index in [9.17, 15) is 35.9 Å². The minimum atomic E-state index is -5.18. The van der Waals surface area contributed by atoms with Crippen LogP contribution in [0.3, 0.4) is 0 Å². The molecule has 1 rings (SSSR count). The third-order valence-corrected chi connectivity index (χ3v) is 2.31. The molecule has 0 N–H and O–H groups in total. The Morgan fingerprint density at radius 1 is 1.10 bits per heavy atom. The van der Waals surface area contributed by atoms with Crippen LogP contribution < -0.4 is 0 Å². The number of rotatable bonds is 2. The van der Waals surface area contributed by atoms with E-state index in [4.69, 9.17) is 0 Å². The highest BCUT2D eigenvalue weighted by atomic mass is 19.4. The van der Waals surface area contributed by atoms with Crippen molar-refractivity contribution >= 4 is 12.3 Å². The molecule has 0 aliphatic carbocycles. The van der Waals surface area contributed by atoms with Crippen molar-refractivity contribution in [2.24, 2.45) is 0 Å². The van der Waals surface area contributed by atoms with E-state index in [1.54, 1.807) is 0 Å². The lowest BCUT2D eigenvalue weighted by atomic mass is 9.97. The fourth-order valence-electron chi connectivity index (χ4n) is 1.51. The maximum Gasteiger partial charge on any atom is 0.417 e. The number of esters is 1. The summed E-state index contributed by atoms with van der Waals surface area (Å²) in [4.78, 5) is 21.8.